The maximum atomic E-state index is 12.9. The normalized spacial score (nSPS) is 33.3. The zero-order valence-corrected chi connectivity index (χ0v) is 29.7. The molecule has 44 heavy (non-hydrogen) atoms. The smallest absolute Gasteiger partial charge is 0.303 e. The molecule has 0 spiro atoms. The Morgan fingerprint density at radius 1 is 0.818 bits per heavy atom. The summed E-state index contributed by atoms with van der Waals surface area (Å²) in [6, 6.07) is 2.91. The predicted molar refractivity (Wildman–Crippen MR) is 169 cm³/mol. The number of carbonyl (C=O) groups excluding carboxylic acids is 4. The molecule has 0 aromatic carbocycles. The van der Waals surface area contributed by atoms with Crippen LogP contribution in [-0.4, -0.2) is 62.7 Å². The lowest BCUT2D eigenvalue weighted by atomic mass is 9.49. The molecule has 3 aliphatic rings. The Bertz CT molecular complexity index is 1180. The zero-order chi connectivity index (χ0) is 33.4. The van der Waals surface area contributed by atoms with Crippen LogP contribution in [0, 0.1) is 22.7 Å². The molecular formula is C34H54O9Si. The van der Waals surface area contributed by atoms with E-state index in [1.807, 2.05) is 27.7 Å². The first kappa shape index (κ1) is 36.0. The third-order valence-electron chi connectivity index (χ3n) is 10.9. The molecule has 8 atom stereocenters. The van der Waals surface area contributed by atoms with E-state index in [1.165, 1.54) is 27.7 Å². The minimum absolute atomic E-state index is 0.269. The molecule has 0 unspecified atom stereocenters. The van der Waals surface area contributed by atoms with Crippen LogP contribution in [0.2, 0.25) is 18.1 Å². The van der Waals surface area contributed by atoms with Gasteiger partial charge < -0.3 is 23.4 Å². The van der Waals surface area contributed by atoms with Gasteiger partial charge in [-0.25, -0.2) is 0 Å². The van der Waals surface area contributed by atoms with Gasteiger partial charge >= 0.3 is 23.9 Å². The Hall–Kier alpha value is -2.46. The molecule has 0 aliphatic heterocycles. The second-order valence-corrected chi connectivity index (χ2v) is 18.6. The van der Waals surface area contributed by atoms with Gasteiger partial charge in [0, 0.05) is 44.9 Å². The lowest BCUT2D eigenvalue weighted by Gasteiger charge is -2.60. The van der Waals surface area contributed by atoms with Crippen molar-refractivity contribution in [3.63, 3.8) is 0 Å². The largest absolute Gasteiger partial charge is 0.462 e. The van der Waals surface area contributed by atoms with Crippen molar-refractivity contribution in [3.05, 3.63) is 23.3 Å². The van der Waals surface area contributed by atoms with Crippen molar-refractivity contribution in [2.45, 2.75) is 144 Å². The topological polar surface area (TPSA) is 114 Å². The summed E-state index contributed by atoms with van der Waals surface area (Å²) >= 11 is 0. The maximum absolute atomic E-state index is 12.9. The van der Waals surface area contributed by atoms with Gasteiger partial charge in [0.1, 0.15) is 18.3 Å². The van der Waals surface area contributed by atoms with Crippen molar-refractivity contribution < 1.29 is 42.6 Å². The van der Waals surface area contributed by atoms with E-state index in [0.29, 0.717) is 19.3 Å². The van der Waals surface area contributed by atoms with Gasteiger partial charge in [-0.05, 0) is 66.5 Å². The van der Waals surface area contributed by atoms with E-state index in [2.05, 4.69) is 27.4 Å². The SMILES string of the molecule is C=C1[C@@H](O[Si](CC)(CC)CC)CC[C@@]2(C)[C@@H](OC(C)=O)[C@H](OC(C)=O)C3=C(C)[C@@H](OC(C)=O)C[C@@H]([C@@H](OC(C)=O)[C@H]12)C3(C)C. The van der Waals surface area contributed by atoms with Crippen molar-refractivity contribution in [2.75, 3.05) is 0 Å². The molecule has 0 aromatic heterocycles. The van der Waals surface area contributed by atoms with E-state index in [9.17, 15) is 19.2 Å². The van der Waals surface area contributed by atoms with Crippen molar-refractivity contribution in [1.82, 2.24) is 0 Å². The summed E-state index contributed by atoms with van der Waals surface area (Å²) < 4.78 is 31.5. The van der Waals surface area contributed by atoms with Crippen LogP contribution in [0.5, 0.6) is 0 Å². The Balaban J connectivity index is 2.39. The Morgan fingerprint density at radius 3 is 1.82 bits per heavy atom. The second kappa shape index (κ2) is 13.5. The summed E-state index contributed by atoms with van der Waals surface area (Å²) in [5, 5.41) is 0. The van der Waals surface area contributed by atoms with Gasteiger partial charge in [-0.3, -0.25) is 19.2 Å². The molecule has 248 valence electrons. The summed E-state index contributed by atoms with van der Waals surface area (Å²) in [6.45, 7) is 24.6. The fourth-order valence-corrected chi connectivity index (χ4v) is 11.4. The van der Waals surface area contributed by atoms with Crippen molar-refractivity contribution >= 4 is 32.2 Å². The number of hydrogen-bond acceptors (Lipinski definition) is 9. The molecule has 0 radical (unpaired) electrons. The minimum atomic E-state index is -2.06. The highest BCUT2D eigenvalue weighted by molar-refractivity contribution is 6.73. The third kappa shape index (κ3) is 6.71. The van der Waals surface area contributed by atoms with Gasteiger partial charge in [-0.15, -0.1) is 0 Å². The van der Waals surface area contributed by atoms with Crippen LogP contribution in [0.25, 0.3) is 0 Å². The predicted octanol–water partition coefficient (Wildman–Crippen LogP) is 6.45. The summed E-state index contributed by atoms with van der Waals surface area (Å²) in [5.74, 6) is -2.79. The number of ether oxygens (including phenoxy) is 4. The van der Waals surface area contributed by atoms with Gasteiger partial charge in [0.05, 0.1) is 6.10 Å². The summed E-state index contributed by atoms with van der Waals surface area (Å²) in [5.41, 5.74) is 0.701. The Kier molecular flexibility index (Phi) is 11.0. The molecule has 0 amide bonds. The number of hydrogen-bond donors (Lipinski definition) is 0. The molecule has 3 aliphatic carbocycles. The molecule has 2 fully saturated rings. The van der Waals surface area contributed by atoms with E-state index in [-0.39, 0.29) is 12.0 Å². The van der Waals surface area contributed by atoms with Gasteiger partial charge in [0.2, 0.25) is 0 Å². The molecule has 9 nitrogen and oxygen atoms in total. The van der Waals surface area contributed by atoms with Crippen LogP contribution in [-0.2, 0) is 42.6 Å². The highest BCUT2D eigenvalue weighted by Gasteiger charge is 2.64. The first-order valence-electron chi connectivity index (χ1n) is 16.2. The van der Waals surface area contributed by atoms with Crippen LogP contribution in [0.15, 0.2) is 23.3 Å². The quantitative estimate of drug-likeness (QED) is 0.122. The molecule has 10 heteroatoms. The fourth-order valence-electron chi connectivity index (χ4n) is 8.55. The van der Waals surface area contributed by atoms with Crippen LogP contribution < -0.4 is 0 Å². The summed E-state index contributed by atoms with van der Waals surface area (Å²) in [7, 11) is -2.06. The molecule has 0 heterocycles. The standard InChI is InChI=1S/C34H54O9Si/c1-13-44(14-2,15-3)43-26-16-17-34(12)29(19(26)4)30(40-22(7)36)25-18-27(39-21(6)35)20(5)28(33(25,10)11)31(41-23(8)37)32(34)42-24(9)38/h25-27,29-32H,4,13-18H2,1-3,5-12H3/t25-,26-,27-,29-,30+,31+,32-,34+/m0/s1. The average Bonchev–Trinajstić information content (AvgIpc) is 2.91. The molecule has 0 N–H and O–H groups in total. The van der Waals surface area contributed by atoms with Crippen molar-refractivity contribution in [2.24, 2.45) is 22.7 Å². The van der Waals surface area contributed by atoms with E-state index in [0.717, 1.165) is 34.9 Å². The summed E-state index contributed by atoms with van der Waals surface area (Å²) in [6.07, 6.45) is -1.92. The third-order valence-corrected chi connectivity index (χ3v) is 15.6. The van der Waals surface area contributed by atoms with E-state index in [4.69, 9.17) is 23.4 Å². The first-order valence-corrected chi connectivity index (χ1v) is 18.7. The minimum Gasteiger partial charge on any atom is -0.462 e. The van der Waals surface area contributed by atoms with Crippen LogP contribution in [0.4, 0.5) is 0 Å². The number of rotatable bonds is 9. The van der Waals surface area contributed by atoms with Crippen molar-refractivity contribution in [3.8, 4) is 0 Å². The van der Waals surface area contributed by atoms with Gasteiger partial charge in [-0.1, -0.05) is 48.1 Å². The molecular weight excluding hydrogens is 580 g/mol. The van der Waals surface area contributed by atoms with Crippen molar-refractivity contribution in [1.29, 1.82) is 0 Å². The van der Waals surface area contributed by atoms with Crippen LogP contribution in [0.3, 0.4) is 0 Å². The van der Waals surface area contributed by atoms with Gasteiger partial charge in [0.25, 0.3) is 0 Å². The van der Waals surface area contributed by atoms with E-state index >= 15 is 0 Å². The van der Waals surface area contributed by atoms with Crippen LogP contribution >= 0.6 is 0 Å². The molecule has 0 aromatic rings. The number of esters is 4. The van der Waals surface area contributed by atoms with E-state index < -0.39 is 73.4 Å². The monoisotopic (exact) mass is 634 g/mol. The fraction of sp³-hybridized carbons (Fsp3) is 0.765. The van der Waals surface area contributed by atoms with Gasteiger partial charge in [-0.2, -0.15) is 0 Å². The Morgan fingerprint density at radius 2 is 1.34 bits per heavy atom. The van der Waals surface area contributed by atoms with Gasteiger partial charge in [0.15, 0.2) is 14.4 Å². The maximum Gasteiger partial charge on any atom is 0.303 e. The average molecular weight is 635 g/mol. The lowest BCUT2D eigenvalue weighted by Crippen LogP contribution is -2.64. The molecule has 2 saturated carbocycles. The second-order valence-electron chi connectivity index (χ2n) is 13.8. The zero-order valence-electron chi connectivity index (χ0n) is 28.7. The molecule has 3 rings (SSSR count). The summed E-state index contributed by atoms with van der Waals surface area (Å²) in [4.78, 5) is 50.8. The highest BCUT2D eigenvalue weighted by atomic mass is 28.4. The van der Waals surface area contributed by atoms with E-state index in [1.54, 1.807) is 0 Å². The molecule has 0 saturated heterocycles. The number of fused-ring (bicyclic) bond motifs is 3. The number of carbonyl (C=O) groups is 4. The Labute approximate surface area is 264 Å². The lowest BCUT2D eigenvalue weighted by molar-refractivity contribution is -0.203. The highest BCUT2D eigenvalue weighted by Crippen LogP contribution is 2.61. The molecule has 2 bridgehead atoms. The van der Waals surface area contributed by atoms with Crippen LogP contribution in [0.1, 0.15) is 95.4 Å². The first-order chi connectivity index (χ1) is 20.4.